The van der Waals surface area contributed by atoms with E-state index in [-0.39, 0.29) is 12.1 Å². The van der Waals surface area contributed by atoms with Crippen molar-refractivity contribution in [2.24, 2.45) is 9.98 Å². The van der Waals surface area contributed by atoms with Crippen LogP contribution in [0.25, 0.3) is 0 Å². The lowest BCUT2D eigenvalue weighted by molar-refractivity contribution is -0.113. The van der Waals surface area contributed by atoms with Crippen molar-refractivity contribution in [1.82, 2.24) is 15.5 Å². The van der Waals surface area contributed by atoms with E-state index in [0.717, 1.165) is 19.5 Å². The quantitative estimate of drug-likeness (QED) is 0.227. The number of aliphatic hydroxyl groups excluding tert-OH is 1. The van der Waals surface area contributed by atoms with Crippen molar-refractivity contribution in [3.05, 3.63) is 0 Å². The second-order valence-corrected chi connectivity index (χ2v) is 4.25. The minimum absolute atomic E-state index is 0.0568. The van der Waals surface area contributed by atoms with E-state index in [0.29, 0.717) is 0 Å². The molecule has 0 aliphatic heterocycles. The molecule has 0 heterocycles. The van der Waals surface area contributed by atoms with Crippen LogP contribution in [0.3, 0.4) is 0 Å². The molecule has 0 aliphatic rings. The fourth-order valence-electron chi connectivity index (χ4n) is 1.18. The van der Waals surface area contributed by atoms with Gasteiger partial charge in [0.25, 0.3) is 5.91 Å². The number of aliphatic imine (C=N–C) groups is 2. The summed E-state index contributed by atoms with van der Waals surface area (Å²) in [6.45, 7) is 5.26. The summed E-state index contributed by atoms with van der Waals surface area (Å²) >= 11 is 0. The predicted octanol–water partition coefficient (Wildman–Crippen LogP) is -0.573. The highest BCUT2D eigenvalue weighted by Gasteiger charge is 2.03. The lowest BCUT2D eigenvalue weighted by atomic mass is 10.3. The molecule has 0 fully saturated rings. The first-order chi connectivity index (χ1) is 8.97. The highest BCUT2D eigenvalue weighted by atomic mass is 16.3. The fraction of sp³-hybridized carbons (Fsp3) is 0.750. The summed E-state index contributed by atoms with van der Waals surface area (Å²) in [5.74, 6) is -0.256. The Kier molecular flexibility index (Phi) is 9.87. The molecule has 0 aromatic rings. The molecular weight excluding hydrogens is 246 g/mol. The molecule has 7 nitrogen and oxygen atoms in total. The van der Waals surface area contributed by atoms with E-state index in [9.17, 15) is 9.90 Å². The second kappa shape index (κ2) is 10.6. The van der Waals surface area contributed by atoms with E-state index in [4.69, 9.17) is 0 Å². The van der Waals surface area contributed by atoms with Gasteiger partial charge in [-0.1, -0.05) is 0 Å². The Bertz CT molecular complexity index is 304. The molecule has 7 heteroatoms. The molecule has 0 spiro atoms. The number of amides is 1. The van der Waals surface area contributed by atoms with Crippen molar-refractivity contribution in [2.45, 2.75) is 32.7 Å². The zero-order chi connectivity index (χ0) is 14.7. The highest BCUT2D eigenvalue weighted by Crippen LogP contribution is 1.92. The fourth-order valence-corrected chi connectivity index (χ4v) is 1.18. The van der Waals surface area contributed by atoms with Crippen LogP contribution in [0.4, 0.5) is 0 Å². The Hall–Kier alpha value is -1.31. The first-order valence-electron chi connectivity index (χ1n) is 6.35. The van der Waals surface area contributed by atoms with Crippen LogP contribution < -0.4 is 10.6 Å². The van der Waals surface area contributed by atoms with Crippen molar-refractivity contribution in [3.63, 3.8) is 0 Å². The van der Waals surface area contributed by atoms with Crippen molar-refractivity contribution in [2.75, 3.05) is 27.2 Å². The number of hydrogen-bond acceptors (Lipinski definition) is 5. The highest BCUT2D eigenvalue weighted by molar-refractivity contribution is 6.27. The lowest BCUT2D eigenvalue weighted by Gasteiger charge is -2.19. The number of nitrogens with zero attached hydrogens (tertiary/aromatic N) is 3. The molecule has 0 aromatic heterocycles. The van der Waals surface area contributed by atoms with Crippen LogP contribution >= 0.6 is 0 Å². The van der Waals surface area contributed by atoms with Gasteiger partial charge in [-0.05, 0) is 33.9 Å². The van der Waals surface area contributed by atoms with Gasteiger partial charge in [0.15, 0.2) is 0 Å². The Morgan fingerprint density at radius 3 is 2.74 bits per heavy atom. The predicted molar refractivity (Wildman–Crippen MR) is 77.4 cm³/mol. The summed E-state index contributed by atoms with van der Waals surface area (Å²) in [6.07, 6.45) is 2.97. The van der Waals surface area contributed by atoms with E-state index >= 15 is 0 Å². The van der Waals surface area contributed by atoms with Gasteiger partial charge in [-0.3, -0.25) is 20.0 Å². The van der Waals surface area contributed by atoms with Gasteiger partial charge in [0, 0.05) is 13.6 Å². The van der Waals surface area contributed by atoms with Gasteiger partial charge < -0.3 is 10.4 Å². The van der Waals surface area contributed by atoms with Crippen LogP contribution in [-0.4, -0.2) is 68.0 Å². The van der Waals surface area contributed by atoms with Crippen LogP contribution in [0, 0.1) is 0 Å². The monoisotopic (exact) mass is 271 g/mol. The summed E-state index contributed by atoms with van der Waals surface area (Å²) in [5, 5.41) is 14.9. The summed E-state index contributed by atoms with van der Waals surface area (Å²) in [4.78, 5) is 20.5. The molecule has 19 heavy (non-hydrogen) atoms. The molecule has 3 N–H and O–H groups in total. The molecule has 1 amide bonds. The van der Waals surface area contributed by atoms with Crippen LogP contribution in [0.1, 0.15) is 20.3 Å². The number of hydrogen-bond donors (Lipinski definition) is 3. The maximum Gasteiger partial charge on any atom is 0.262 e. The molecular formula is C12H25N5O2. The number of carbonyl (C=O) groups excluding carboxylic acids is 1. The number of aliphatic hydroxyl groups is 1. The van der Waals surface area contributed by atoms with E-state index in [2.05, 4.69) is 20.6 Å². The Morgan fingerprint density at radius 2 is 2.16 bits per heavy atom. The van der Waals surface area contributed by atoms with Gasteiger partial charge in [-0.2, -0.15) is 0 Å². The van der Waals surface area contributed by atoms with E-state index in [1.807, 2.05) is 18.9 Å². The number of rotatable bonds is 9. The summed E-state index contributed by atoms with van der Waals surface area (Å²) in [5.41, 5.74) is 0. The number of carbonyl (C=O) groups is 1. The minimum atomic E-state index is -0.422. The van der Waals surface area contributed by atoms with Gasteiger partial charge in [0.1, 0.15) is 12.6 Å². The third kappa shape index (κ3) is 10.3. The molecule has 110 valence electrons. The summed E-state index contributed by atoms with van der Waals surface area (Å²) < 4.78 is 0. The average Bonchev–Trinajstić information content (AvgIpc) is 2.38. The zero-order valence-corrected chi connectivity index (χ0v) is 12.1. The minimum Gasteiger partial charge on any atom is -0.379 e. The van der Waals surface area contributed by atoms with Crippen LogP contribution in [-0.2, 0) is 4.79 Å². The molecule has 0 saturated carbocycles. The van der Waals surface area contributed by atoms with Crippen LogP contribution in [0.5, 0.6) is 0 Å². The van der Waals surface area contributed by atoms with Crippen LogP contribution in [0.2, 0.25) is 0 Å². The topological polar surface area (TPSA) is 89.3 Å². The average molecular weight is 271 g/mol. The Morgan fingerprint density at radius 1 is 1.47 bits per heavy atom. The molecule has 0 radical (unpaired) electrons. The molecule has 0 bridgehead atoms. The summed E-state index contributed by atoms with van der Waals surface area (Å²) in [7, 11) is 3.42. The Balaban J connectivity index is 3.70. The molecule has 0 aromatic carbocycles. The first kappa shape index (κ1) is 17.7. The first-order valence-corrected chi connectivity index (χ1v) is 6.35. The van der Waals surface area contributed by atoms with Gasteiger partial charge >= 0.3 is 0 Å². The number of nitrogens with one attached hydrogen (secondary N) is 2. The summed E-state index contributed by atoms with van der Waals surface area (Å²) in [6, 6.07) is 0. The zero-order valence-electron chi connectivity index (χ0n) is 12.1. The normalized spacial score (nSPS) is 15.3. The molecule has 2 unspecified atom stereocenters. The second-order valence-electron chi connectivity index (χ2n) is 4.25. The molecule has 0 rings (SSSR count). The van der Waals surface area contributed by atoms with E-state index in [1.165, 1.54) is 12.6 Å². The van der Waals surface area contributed by atoms with Gasteiger partial charge in [-0.15, -0.1) is 0 Å². The van der Waals surface area contributed by atoms with Crippen LogP contribution in [0.15, 0.2) is 9.98 Å². The van der Waals surface area contributed by atoms with Gasteiger partial charge in [-0.25, -0.2) is 4.99 Å². The third-order valence-electron chi connectivity index (χ3n) is 2.56. The van der Waals surface area contributed by atoms with Crippen molar-refractivity contribution < 1.29 is 9.90 Å². The maximum atomic E-state index is 10.8. The SMILES string of the molecule is CNC(=O)/C=N/C=N\C(C)NCCCN(C)C(C)O. The third-order valence-corrected chi connectivity index (χ3v) is 2.56. The lowest BCUT2D eigenvalue weighted by Crippen LogP contribution is -2.32. The molecule has 0 aliphatic carbocycles. The van der Waals surface area contributed by atoms with Crippen molar-refractivity contribution in [1.29, 1.82) is 0 Å². The maximum absolute atomic E-state index is 10.8. The van der Waals surface area contributed by atoms with E-state index < -0.39 is 6.23 Å². The largest absolute Gasteiger partial charge is 0.379 e. The molecule has 0 saturated heterocycles. The molecule has 2 atom stereocenters. The Labute approximate surface area is 114 Å². The standard InChI is InChI=1S/C12H25N5O2/c1-10(16-9-14-8-12(19)13-3)15-6-5-7-17(4)11(2)18/h8-11,15,18H,5-7H2,1-4H3,(H,13,19)/b14-8+,16-9-. The van der Waals surface area contributed by atoms with Crippen molar-refractivity contribution >= 4 is 18.5 Å². The van der Waals surface area contributed by atoms with E-state index in [1.54, 1.807) is 14.0 Å². The van der Waals surface area contributed by atoms with Gasteiger partial charge in [0.05, 0.1) is 12.4 Å². The van der Waals surface area contributed by atoms with Crippen molar-refractivity contribution in [3.8, 4) is 0 Å². The van der Waals surface area contributed by atoms with Gasteiger partial charge in [0.2, 0.25) is 0 Å². The smallest absolute Gasteiger partial charge is 0.262 e.